The van der Waals surface area contributed by atoms with Gasteiger partial charge in [0.2, 0.25) is 5.91 Å². The fraction of sp³-hybridized carbons (Fsp3) is 0.514. The molecule has 1 atom stereocenters. The van der Waals surface area contributed by atoms with E-state index in [0.29, 0.717) is 55.7 Å². The fourth-order valence-electron chi connectivity index (χ4n) is 8.06. The van der Waals surface area contributed by atoms with Crippen LogP contribution >= 0.6 is 0 Å². The Hall–Kier alpha value is -4.63. The van der Waals surface area contributed by atoms with Crippen molar-refractivity contribution in [3.63, 3.8) is 0 Å². The molecule has 0 spiro atoms. The smallest absolute Gasteiger partial charge is 0.253 e. The Kier molecular flexibility index (Phi) is 8.73. The van der Waals surface area contributed by atoms with Gasteiger partial charge in [0.05, 0.1) is 18.0 Å². The van der Waals surface area contributed by atoms with Crippen molar-refractivity contribution in [1.82, 2.24) is 40.6 Å². The van der Waals surface area contributed by atoms with Crippen LogP contribution < -0.4 is 5.32 Å². The summed E-state index contributed by atoms with van der Waals surface area (Å²) in [7, 11) is 0. The van der Waals surface area contributed by atoms with Crippen molar-refractivity contribution in [2.24, 2.45) is 0 Å². The minimum absolute atomic E-state index is 0.0495. The fourth-order valence-corrected chi connectivity index (χ4v) is 8.06. The number of aromatic nitrogens is 4. The summed E-state index contributed by atoms with van der Waals surface area (Å²) in [6.07, 6.45) is 7.50. The third-order valence-electron chi connectivity index (χ3n) is 10.5. The number of amides is 3. The molecule has 0 unspecified atom stereocenters. The van der Waals surface area contributed by atoms with E-state index in [-0.39, 0.29) is 30.3 Å². The maximum Gasteiger partial charge on any atom is 0.253 e. The van der Waals surface area contributed by atoms with Gasteiger partial charge in [-0.2, -0.15) is 10.5 Å². The number of carbonyl (C=O) groups is 3. The van der Waals surface area contributed by atoms with Crippen LogP contribution in [0, 0.1) is 11.3 Å². The number of nitriles is 1. The Balaban J connectivity index is 1.26. The second-order valence-electron chi connectivity index (χ2n) is 13.2. The second kappa shape index (κ2) is 13.2. The van der Waals surface area contributed by atoms with Gasteiger partial charge in [0.15, 0.2) is 5.82 Å². The summed E-state index contributed by atoms with van der Waals surface area (Å²) in [5.74, 6) is 0.512. The summed E-state index contributed by atoms with van der Waals surface area (Å²) >= 11 is 0. The number of aromatic amines is 1. The number of tetrazole rings is 1. The summed E-state index contributed by atoms with van der Waals surface area (Å²) in [5, 5.41) is 28.6. The van der Waals surface area contributed by atoms with E-state index < -0.39 is 5.41 Å². The number of rotatable bonds is 8. The molecule has 2 N–H and O–H groups in total. The van der Waals surface area contributed by atoms with Gasteiger partial charge in [0, 0.05) is 43.9 Å². The Morgan fingerprint density at radius 3 is 2.00 bits per heavy atom. The van der Waals surface area contributed by atoms with Crippen molar-refractivity contribution in [2.45, 2.75) is 69.2 Å². The molecule has 1 aliphatic carbocycles. The number of fused-ring (bicyclic) bond motifs is 2. The normalized spacial score (nSPS) is 20.1. The third-order valence-corrected chi connectivity index (χ3v) is 10.5. The number of benzene rings is 2. The molecule has 7 rings (SSSR count). The first-order valence-electron chi connectivity index (χ1n) is 17.0. The largest absolute Gasteiger partial charge is 0.339 e. The molecule has 2 aromatic carbocycles. The molecule has 12 nitrogen and oxygen atoms in total. The molecule has 12 heteroatoms. The lowest BCUT2D eigenvalue weighted by Crippen LogP contribution is -2.42. The predicted octanol–water partition coefficient (Wildman–Crippen LogP) is 2.60. The van der Waals surface area contributed by atoms with Crippen molar-refractivity contribution in [3.05, 3.63) is 75.6 Å². The summed E-state index contributed by atoms with van der Waals surface area (Å²) in [6, 6.07) is 13.8. The van der Waals surface area contributed by atoms with Gasteiger partial charge in [-0.05, 0) is 111 Å². The highest BCUT2D eigenvalue weighted by Gasteiger charge is 2.45. The van der Waals surface area contributed by atoms with Crippen LogP contribution in [-0.4, -0.2) is 105 Å². The predicted molar refractivity (Wildman–Crippen MR) is 172 cm³/mol. The Morgan fingerprint density at radius 2 is 1.47 bits per heavy atom. The number of nitrogens with zero attached hydrogens (tertiary/aromatic N) is 7. The third kappa shape index (κ3) is 5.78. The first-order chi connectivity index (χ1) is 23.0. The molecular formula is C35H41N9O3. The van der Waals surface area contributed by atoms with Crippen molar-refractivity contribution >= 4 is 17.7 Å². The van der Waals surface area contributed by atoms with Crippen molar-refractivity contribution in [3.8, 4) is 6.07 Å². The molecule has 3 fully saturated rings. The number of likely N-dealkylation sites (tertiary alicyclic amines) is 3. The van der Waals surface area contributed by atoms with Crippen LogP contribution in [0.4, 0.5) is 0 Å². The van der Waals surface area contributed by atoms with Crippen LogP contribution in [0.1, 0.15) is 93.7 Å². The van der Waals surface area contributed by atoms with Gasteiger partial charge < -0.3 is 20.0 Å². The van der Waals surface area contributed by atoms with Gasteiger partial charge in [-0.1, -0.05) is 17.3 Å². The molecule has 3 aromatic rings. The first-order valence-corrected chi connectivity index (χ1v) is 17.0. The zero-order chi connectivity index (χ0) is 32.4. The van der Waals surface area contributed by atoms with Crippen LogP contribution in [-0.2, 0) is 23.1 Å². The summed E-state index contributed by atoms with van der Waals surface area (Å²) in [5.41, 5.74) is 4.53. The van der Waals surface area contributed by atoms with Crippen LogP contribution in [0.15, 0.2) is 36.4 Å². The maximum atomic E-state index is 13.5. The molecule has 0 bridgehead atoms. The van der Waals surface area contributed by atoms with Crippen LogP contribution in [0.25, 0.3) is 0 Å². The summed E-state index contributed by atoms with van der Waals surface area (Å²) in [4.78, 5) is 45.5. The van der Waals surface area contributed by atoms with Crippen LogP contribution in [0.3, 0.4) is 0 Å². The van der Waals surface area contributed by atoms with Crippen molar-refractivity contribution in [2.75, 3.05) is 45.8 Å². The van der Waals surface area contributed by atoms with E-state index in [0.717, 1.165) is 80.5 Å². The number of carbonyl (C=O) groups excluding carboxylic acids is 3. The van der Waals surface area contributed by atoms with E-state index >= 15 is 0 Å². The molecule has 0 saturated carbocycles. The van der Waals surface area contributed by atoms with Crippen LogP contribution in [0.5, 0.6) is 0 Å². The van der Waals surface area contributed by atoms with Crippen molar-refractivity contribution < 1.29 is 14.4 Å². The lowest BCUT2D eigenvalue weighted by molar-refractivity contribution is -0.130. The zero-order valence-electron chi connectivity index (χ0n) is 26.7. The van der Waals surface area contributed by atoms with Crippen molar-refractivity contribution in [1.29, 1.82) is 5.26 Å². The lowest BCUT2D eigenvalue weighted by Gasteiger charge is -2.34. The number of H-pyrrole nitrogens is 1. The maximum absolute atomic E-state index is 13.5. The quantitative estimate of drug-likeness (QED) is 0.359. The van der Waals surface area contributed by atoms with Gasteiger partial charge >= 0.3 is 0 Å². The average Bonchev–Trinajstić information content (AvgIpc) is 3.94. The number of hydrogen-bond acceptors (Lipinski definition) is 8. The molecule has 3 aliphatic heterocycles. The van der Waals surface area contributed by atoms with E-state index in [1.165, 1.54) is 0 Å². The van der Waals surface area contributed by atoms with Gasteiger partial charge in [0.1, 0.15) is 6.04 Å². The van der Waals surface area contributed by atoms with Gasteiger partial charge in [-0.15, -0.1) is 10.2 Å². The highest BCUT2D eigenvalue weighted by atomic mass is 16.2. The minimum atomic E-state index is -0.864. The molecule has 4 heterocycles. The average molecular weight is 636 g/mol. The highest BCUT2D eigenvalue weighted by molar-refractivity contribution is 5.95. The molecule has 3 saturated heterocycles. The van der Waals surface area contributed by atoms with Gasteiger partial charge in [-0.25, -0.2) is 0 Å². The van der Waals surface area contributed by atoms with Gasteiger partial charge in [0.25, 0.3) is 11.8 Å². The monoisotopic (exact) mass is 635 g/mol. The molecule has 47 heavy (non-hydrogen) atoms. The second-order valence-corrected chi connectivity index (χ2v) is 13.2. The van der Waals surface area contributed by atoms with E-state index in [9.17, 15) is 19.6 Å². The number of nitrogens with one attached hydrogen (secondary N) is 2. The summed E-state index contributed by atoms with van der Waals surface area (Å²) < 4.78 is 0. The molecule has 0 radical (unpaired) electrons. The topological polar surface area (TPSA) is 151 Å². The molecule has 244 valence electrons. The Morgan fingerprint density at radius 1 is 0.872 bits per heavy atom. The Bertz CT molecular complexity index is 1610. The van der Waals surface area contributed by atoms with E-state index in [2.05, 4.69) is 32.0 Å². The molecule has 3 amide bonds. The van der Waals surface area contributed by atoms with E-state index in [4.69, 9.17) is 0 Å². The zero-order valence-corrected chi connectivity index (χ0v) is 26.7. The summed E-state index contributed by atoms with van der Waals surface area (Å²) in [6.45, 7) is 4.28. The minimum Gasteiger partial charge on any atom is -0.339 e. The SMILES string of the molecule is N#C[C@@H]1CCCN1C(=O)CNCCC1(c2nn[nH]n2)c2ccc(C(=O)N3CCCC3)cc2CCc2cc(C(=O)N3CCCC3)ccc21. The molecule has 4 aliphatic rings. The van der Waals surface area contributed by atoms with E-state index in [1.807, 2.05) is 46.2 Å². The number of hydrogen-bond donors (Lipinski definition) is 2. The lowest BCUT2D eigenvalue weighted by atomic mass is 9.69. The number of aryl methyl sites for hydroxylation is 2. The Labute approximate surface area is 274 Å². The van der Waals surface area contributed by atoms with E-state index in [1.54, 1.807) is 4.90 Å². The van der Waals surface area contributed by atoms with Crippen LogP contribution in [0.2, 0.25) is 0 Å². The molecule has 1 aromatic heterocycles. The standard InChI is InChI=1S/C35H41N9O3/c36-22-28-6-5-19-44(28)31(45)23-37-14-13-35(34-38-40-41-39-34)29-11-9-26(32(46)42-15-1-2-16-42)20-24(29)7-8-25-21-27(10-12-30(25)35)33(47)43-17-3-4-18-43/h9-12,20-21,28,37H,1-8,13-19,23H2,(H,38,39,40,41)/t28-/m0/s1. The van der Waals surface area contributed by atoms with Gasteiger partial charge in [-0.3, -0.25) is 14.4 Å². The highest BCUT2D eigenvalue weighted by Crippen LogP contribution is 2.46. The molecular weight excluding hydrogens is 594 g/mol. The first kappa shape index (κ1) is 31.0.